The van der Waals surface area contributed by atoms with E-state index in [1.54, 1.807) is 6.07 Å². The van der Waals surface area contributed by atoms with E-state index in [9.17, 15) is 4.39 Å². The smallest absolute Gasteiger partial charge is 0.124 e. The number of nitrogens with one attached hydrogen (secondary N) is 1. The van der Waals surface area contributed by atoms with E-state index in [0.717, 1.165) is 23.4 Å². The summed E-state index contributed by atoms with van der Waals surface area (Å²) in [6.45, 7) is 5.40. The van der Waals surface area contributed by atoms with Gasteiger partial charge in [-0.3, -0.25) is 0 Å². The van der Waals surface area contributed by atoms with Gasteiger partial charge in [0, 0.05) is 5.02 Å². The first kappa shape index (κ1) is 15.8. The lowest BCUT2D eigenvalue weighted by Crippen LogP contribution is -2.22. The molecule has 4 heteroatoms. The Morgan fingerprint density at radius 1 is 1.14 bits per heavy atom. The molecule has 21 heavy (non-hydrogen) atoms. The topological polar surface area (TPSA) is 21.3 Å². The number of hydrogen-bond donors (Lipinski definition) is 1. The Bertz CT molecular complexity index is 586. The maximum atomic E-state index is 13.2. The predicted octanol–water partition coefficient (Wildman–Crippen LogP) is 4.58. The van der Waals surface area contributed by atoms with Crippen molar-refractivity contribution in [2.75, 3.05) is 13.2 Å². The average Bonchev–Trinajstić information content (AvgIpc) is 2.47. The largest absolute Gasteiger partial charge is 0.494 e. The third kappa shape index (κ3) is 3.96. The van der Waals surface area contributed by atoms with Gasteiger partial charge in [-0.05, 0) is 48.9 Å². The summed E-state index contributed by atoms with van der Waals surface area (Å²) in [6, 6.07) is 12.3. The molecule has 0 aliphatic rings. The molecule has 2 rings (SSSR count). The Balaban J connectivity index is 2.33. The second-order valence-electron chi connectivity index (χ2n) is 4.66. The molecule has 2 nitrogen and oxygen atoms in total. The van der Waals surface area contributed by atoms with Crippen molar-refractivity contribution >= 4 is 11.6 Å². The van der Waals surface area contributed by atoms with Gasteiger partial charge >= 0.3 is 0 Å². The van der Waals surface area contributed by atoms with Crippen LogP contribution in [0, 0.1) is 5.82 Å². The molecule has 0 amide bonds. The summed E-state index contributed by atoms with van der Waals surface area (Å²) in [6.07, 6.45) is 0. The number of benzene rings is 2. The summed E-state index contributed by atoms with van der Waals surface area (Å²) < 4.78 is 18.7. The fourth-order valence-corrected chi connectivity index (χ4v) is 2.55. The third-order valence-electron chi connectivity index (χ3n) is 3.21. The van der Waals surface area contributed by atoms with Crippen LogP contribution >= 0.6 is 11.6 Å². The Morgan fingerprint density at radius 3 is 2.43 bits per heavy atom. The van der Waals surface area contributed by atoms with Crippen molar-refractivity contribution in [1.82, 2.24) is 5.32 Å². The number of ether oxygens (including phenoxy) is 1. The van der Waals surface area contributed by atoms with Crippen molar-refractivity contribution in [2.45, 2.75) is 19.9 Å². The van der Waals surface area contributed by atoms with Gasteiger partial charge in [0.25, 0.3) is 0 Å². The van der Waals surface area contributed by atoms with E-state index < -0.39 is 0 Å². The summed E-state index contributed by atoms with van der Waals surface area (Å²) >= 11 is 6.19. The molecule has 0 saturated heterocycles. The van der Waals surface area contributed by atoms with Gasteiger partial charge in [0.2, 0.25) is 0 Å². The highest BCUT2D eigenvalue weighted by molar-refractivity contribution is 6.31. The lowest BCUT2D eigenvalue weighted by Gasteiger charge is -2.20. The van der Waals surface area contributed by atoms with Crippen molar-refractivity contribution < 1.29 is 9.13 Å². The minimum Gasteiger partial charge on any atom is -0.494 e. The lowest BCUT2D eigenvalue weighted by molar-refractivity contribution is 0.340. The van der Waals surface area contributed by atoms with E-state index in [2.05, 4.69) is 5.32 Å². The van der Waals surface area contributed by atoms with E-state index >= 15 is 0 Å². The monoisotopic (exact) mass is 307 g/mol. The van der Waals surface area contributed by atoms with E-state index in [4.69, 9.17) is 16.3 Å². The molecule has 0 heterocycles. The fraction of sp³-hybridized carbons (Fsp3) is 0.294. The van der Waals surface area contributed by atoms with Crippen LogP contribution in [-0.2, 0) is 0 Å². The summed E-state index contributed by atoms with van der Waals surface area (Å²) in [5.74, 6) is 0.507. The fourth-order valence-electron chi connectivity index (χ4n) is 2.27. The summed E-state index contributed by atoms with van der Waals surface area (Å²) in [7, 11) is 0. The zero-order chi connectivity index (χ0) is 15.2. The van der Waals surface area contributed by atoms with Crippen LogP contribution in [0.5, 0.6) is 5.75 Å². The van der Waals surface area contributed by atoms with Crippen molar-refractivity contribution in [1.29, 1.82) is 0 Å². The highest BCUT2D eigenvalue weighted by Crippen LogP contribution is 2.29. The standard InChI is InChI=1S/C17H19ClFNO/c1-3-20-17(15-10-7-13(19)11-16(15)18)12-5-8-14(9-6-12)21-4-2/h5-11,17,20H,3-4H2,1-2H3. The molecular formula is C17H19ClFNO. The molecule has 2 aromatic rings. The number of halogens is 2. The summed E-state index contributed by atoms with van der Waals surface area (Å²) in [4.78, 5) is 0. The van der Waals surface area contributed by atoms with Gasteiger partial charge in [-0.2, -0.15) is 0 Å². The Morgan fingerprint density at radius 2 is 1.86 bits per heavy atom. The molecule has 0 spiro atoms. The van der Waals surface area contributed by atoms with Crippen LogP contribution in [-0.4, -0.2) is 13.2 Å². The normalized spacial score (nSPS) is 12.2. The van der Waals surface area contributed by atoms with E-state index in [1.807, 2.05) is 38.1 Å². The van der Waals surface area contributed by atoms with E-state index in [0.29, 0.717) is 11.6 Å². The zero-order valence-corrected chi connectivity index (χ0v) is 13.0. The SMILES string of the molecule is CCNC(c1ccc(OCC)cc1)c1ccc(F)cc1Cl. The van der Waals surface area contributed by atoms with E-state index in [1.165, 1.54) is 12.1 Å². The Hall–Kier alpha value is -1.58. The third-order valence-corrected chi connectivity index (χ3v) is 3.53. The molecule has 2 aromatic carbocycles. The quantitative estimate of drug-likeness (QED) is 0.843. The average molecular weight is 308 g/mol. The van der Waals surface area contributed by atoms with Crippen molar-refractivity contribution in [3.8, 4) is 5.75 Å². The molecule has 1 N–H and O–H groups in total. The van der Waals surface area contributed by atoms with Crippen LogP contribution in [0.4, 0.5) is 4.39 Å². The molecule has 1 unspecified atom stereocenters. The molecule has 0 radical (unpaired) electrons. The molecule has 0 aliphatic heterocycles. The van der Waals surface area contributed by atoms with Crippen LogP contribution in [0.2, 0.25) is 5.02 Å². The van der Waals surface area contributed by atoms with Gasteiger partial charge in [0.15, 0.2) is 0 Å². The van der Waals surface area contributed by atoms with Gasteiger partial charge in [0.05, 0.1) is 12.6 Å². The van der Waals surface area contributed by atoms with Crippen molar-refractivity contribution in [3.05, 3.63) is 64.4 Å². The predicted molar refractivity (Wildman–Crippen MR) is 84.5 cm³/mol. The van der Waals surface area contributed by atoms with Crippen LogP contribution < -0.4 is 10.1 Å². The molecule has 0 fully saturated rings. The summed E-state index contributed by atoms with van der Waals surface area (Å²) in [5, 5.41) is 3.81. The minimum absolute atomic E-state index is 0.0706. The second-order valence-corrected chi connectivity index (χ2v) is 5.07. The maximum absolute atomic E-state index is 13.2. The molecular weight excluding hydrogens is 289 g/mol. The van der Waals surface area contributed by atoms with Gasteiger partial charge in [-0.25, -0.2) is 4.39 Å². The van der Waals surface area contributed by atoms with Crippen molar-refractivity contribution in [3.63, 3.8) is 0 Å². The van der Waals surface area contributed by atoms with Gasteiger partial charge in [-0.15, -0.1) is 0 Å². The molecule has 112 valence electrons. The second kappa shape index (κ2) is 7.43. The number of hydrogen-bond acceptors (Lipinski definition) is 2. The van der Waals surface area contributed by atoms with Crippen molar-refractivity contribution in [2.24, 2.45) is 0 Å². The Labute approximate surface area is 129 Å². The lowest BCUT2D eigenvalue weighted by atomic mass is 9.98. The zero-order valence-electron chi connectivity index (χ0n) is 12.2. The van der Waals surface area contributed by atoms with Gasteiger partial charge < -0.3 is 10.1 Å². The first-order valence-electron chi connectivity index (χ1n) is 7.06. The van der Waals surface area contributed by atoms with Gasteiger partial charge in [-0.1, -0.05) is 36.7 Å². The molecule has 0 aromatic heterocycles. The number of rotatable bonds is 6. The summed E-state index contributed by atoms with van der Waals surface area (Å²) in [5.41, 5.74) is 1.93. The van der Waals surface area contributed by atoms with Crippen LogP contribution in [0.3, 0.4) is 0 Å². The highest BCUT2D eigenvalue weighted by atomic mass is 35.5. The van der Waals surface area contributed by atoms with Crippen LogP contribution in [0.25, 0.3) is 0 Å². The maximum Gasteiger partial charge on any atom is 0.124 e. The van der Waals surface area contributed by atoms with Crippen LogP contribution in [0.15, 0.2) is 42.5 Å². The molecule has 1 atom stereocenters. The minimum atomic E-state index is -0.328. The molecule has 0 bridgehead atoms. The highest BCUT2D eigenvalue weighted by Gasteiger charge is 2.16. The Kier molecular flexibility index (Phi) is 5.59. The molecule has 0 saturated carbocycles. The first-order valence-corrected chi connectivity index (χ1v) is 7.44. The van der Waals surface area contributed by atoms with Crippen LogP contribution in [0.1, 0.15) is 31.0 Å². The van der Waals surface area contributed by atoms with E-state index in [-0.39, 0.29) is 11.9 Å². The molecule has 0 aliphatic carbocycles. The first-order chi connectivity index (χ1) is 10.2. The van der Waals surface area contributed by atoms with Gasteiger partial charge in [0.1, 0.15) is 11.6 Å².